The average Bonchev–Trinajstić information content (AvgIpc) is 2.53. The molecule has 1 atom stereocenters. The second-order valence-electron chi connectivity index (χ2n) is 5.61. The summed E-state index contributed by atoms with van der Waals surface area (Å²) in [5.41, 5.74) is 0.889. The second kappa shape index (κ2) is 7.27. The summed E-state index contributed by atoms with van der Waals surface area (Å²) in [5.74, 6) is 0.152. The van der Waals surface area contributed by atoms with E-state index in [2.05, 4.69) is 10.2 Å². The lowest BCUT2D eigenvalue weighted by Crippen LogP contribution is -2.41. The van der Waals surface area contributed by atoms with Crippen LogP contribution in [0, 0.1) is 0 Å². The largest absolute Gasteiger partial charge is 0.367 e. The minimum absolute atomic E-state index is 0.152. The molecule has 0 aliphatic carbocycles. The van der Waals surface area contributed by atoms with Crippen molar-refractivity contribution in [2.24, 2.45) is 0 Å². The first-order valence-corrected chi connectivity index (χ1v) is 9.48. The Morgan fingerprint density at radius 1 is 1.29 bits per heavy atom. The summed E-state index contributed by atoms with van der Waals surface area (Å²) in [6.45, 7) is 3.62. The highest BCUT2D eigenvalue weighted by Crippen LogP contribution is 2.32. The first kappa shape index (κ1) is 16.3. The molecule has 5 heteroatoms. The second-order valence-corrected chi connectivity index (χ2v) is 7.85. The number of piperidine rings is 1. The lowest BCUT2D eigenvalue weighted by molar-refractivity contribution is 0.431. The standard InChI is InChI=1S/C16H26N2O2S/c1-3-21(19,20)16-10-5-4-9-15(16)18-13-7-6-8-14(18)11-12-17-2/h4-5,9-10,14,17H,3,6-8,11-13H2,1-2H3. The van der Waals surface area contributed by atoms with Crippen molar-refractivity contribution in [1.82, 2.24) is 5.32 Å². The van der Waals surface area contributed by atoms with E-state index in [4.69, 9.17) is 0 Å². The third-order valence-corrected chi connectivity index (χ3v) is 6.02. The highest BCUT2D eigenvalue weighted by Gasteiger charge is 2.27. The zero-order valence-electron chi connectivity index (χ0n) is 13.0. The van der Waals surface area contributed by atoms with Crippen LogP contribution >= 0.6 is 0 Å². The van der Waals surface area contributed by atoms with Crippen LogP contribution in [0.25, 0.3) is 0 Å². The lowest BCUT2D eigenvalue weighted by atomic mass is 9.98. The molecule has 0 saturated carbocycles. The van der Waals surface area contributed by atoms with Gasteiger partial charge in [-0.15, -0.1) is 0 Å². The van der Waals surface area contributed by atoms with Crippen molar-refractivity contribution in [2.75, 3.05) is 30.8 Å². The number of nitrogens with one attached hydrogen (secondary N) is 1. The van der Waals surface area contributed by atoms with Gasteiger partial charge >= 0.3 is 0 Å². The van der Waals surface area contributed by atoms with Crippen molar-refractivity contribution >= 4 is 15.5 Å². The molecule has 4 nitrogen and oxygen atoms in total. The van der Waals surface area contributed by atoms with Gasteiger partial charge in [0, 0.05) is 12.6 Å². The molecule has 0 aromatic heterocycles. The van der Waals surface area contributed by atoms with E-state index in [0.717, 1.165) is 38.0 Å². The summed E-state index contributed by atoms with van der Waals surface area (Å²) in [4.78, 5) is 2.80. The van der Waals surface area contributed by atoms with Gasteiger partial charge in [0.25, 0.3) is 0 Å². The number of para-hydroxylation sites is 1. The van der Waals surface area contributed by atoms with Crippen molar-refractivity contribution in [3.63, 3.8) is 0 Å². The van der Waals surface area contributed by atoms with Crippen molar-refractivity contribution < 1.29 is 8.42 Å². The molecule has 1 saturated heterocycles. The zero-order valence-corrected chi connectivity index (χ0v) is 13.8. The van der Waals surface area contributed by atoms with E-state index in [-0.39, 0.29) is 5.75 Å². The maximum absolute atomic E-state index is 12.3. The number of benzene rings is 1. The molecular weight excluding hydrogens is 284 g/mol. The Hall–Kier alpha value is -1.07. The molecular formula is C16H26N2O2S. The smallest absolute Gasteiger partial charge is 0.180 e. The fourth-order valence-corrected chi connectivity index (χ4v) is 4.14. The normalized spacial score (nSPS) is 19.7. The van der Waals surface area contributed by atoms with Crippen LogP contribution in [0.1, 0.15) is 32.6 Å². The van der Waals surface area contributed by atoms with E-state index < -0.39 is 9.84 Å². The van der Waals surface area contributed by atoms with Crippen LogP contribution in [0.15, 0.2) is 29.2 Å². The van der Waals surface area contributed by atoms with Crippen molar-refractivity contribution in [2.45, 2.75) is 43.5 Å². The molecule has 0 spiro atoms. The van der Waals surface area contributed by atoms with E-state index in [1.165, 1.54) is 6.42 Å². The maximum Gasteiger partial charge on any atom is 0.180 e. The molecule has 0 amide bonds. The molecule has 1 aliphatic rings. The van der Waals surface area contributed by atoms with Gasteiger partial charge in [-0.2, -0.15) is 0 Å². The minimum atomic E-state index is -3.18. The first-order valence-electron chi connectivity index (χ1n) is 7.83. The summed E-state index contributed by atoms with van der Waals surface area (Å²) in [6, 6.07) is 7.89. The van der Waals surface area contributed by atoms with Gasteiger partial charge in [0.05, 0.1) is 16.3 Å². The Bertz CT molecular complexity index is 557. The summed E-state index contributed by atoms with van der Waals surface area (Å²) < 4.78 is 24.7. The van der Waals surface area contributed by atoms with Crippen LogP contribution in [0.3, 0.4) is 0 Å². The fraction of sp³-hybridized carbons (Fsp3) is 0.625. The zero-order chi connectivity index (χ0) is 15.3. The topological polar surface area (TPSA) is 49.4 Å². The monoisotopic (exact) mass is 310 g/mol. The molecule has 1 aromatic rings. The predicted molar refractivity (Wildman–Crippen MR) is 87.7 cm³/mol. The molecule has 21 heavy (non-hydrogen) atoms. The number of sulfone groups is 1. The van der Waals surface area contributed by atoms with E-state index in [1.54, 1.807) is 13.0 Å². The van der Waals surface area contributed by atoms with E-state index >= 15 is 0 Å². The Morgan fingerprint density at radius 2 is 2.05 bits per heavy atom. The van der Waals surface area contributed by atoms with E-state index in [1.807, 2.05) is 25.2 Å². The number of nitrogens with zero attached hydrogens (tertiary/aromatic N) is 1. The Labute approximate surface area is 128 Å². The van der Waals surface area contributed by atoms with Gasteiger partial charge in [0.15, 0.2) is 9.84 Å². The highest BCUT2D eigenvalue weighted by atomic mass is 32.2. The summed E-state index contributed by atoms with van der Waals surface area (Å²) in [7, 11) is -1.22. The van der Waals surface area contributed by atoms with Crippen LogP contribution in [0.2, 0.25) is 0 Å². The SMILES string of the molecule is CCS(=O)(=O)c1ccccc1N1CCCCC1CCNC. The molecule has 0 radical (unpaired) electrons. The summed E-state index contributed by atoms with van der Waals surface area (Å²) in [5, 5.41) is 3.20. The Kier molecular flexibility index (Phi) is 5.65. The van der Waals surface area contributed by atoms with E-state index in [9.17, 15) is 8.42 Å². The molecule has 2 rings (SSSR count). The fourth-order valence-electron chi connectivity index (χ4n) is 3.04. The minimum Gasteiger partial charge on any atom is -0.367 e. The molecule has 1 heterocycles. The van der Waals surface area contributed by atoms with Crippen LogP contribution in [-0.4, -0.2) is 40.3 Å². The van der Waals surface area contributed by atoms with Gasteiger partial charge in [0.1, 0.15) is 0 Å². The van der Waals surface area contributed by atoms with Crippen LogP contribution in [0.5, 0.6) is 0 Å². The molecule has 0 bridgehead atoms. The van der Waals surface area contributed by atoms with Crippen LogP contribution in [0.4, 0.5) is 5.69 Å². The van der Waals surface area contributed by atoms with Crippen molar-refractivity contribution in [3.05, 3.63) is 24.3 Å². The molecule has 1 aromatic carbocycles. The average molecular weight is 310 g/mol. The number of hydrogen-bond donors (Lipinski definition) is 1. The number of rotatable bonds is 6. The number of anilines is 1. The first-order chi connectivity index (χ1) is 10.1. The highest BCUT2D eigenvalue weighted by molar-refractivity contribution is 7.91. The number of hydrogen-bond acceptors (Lipinski definition) is 4. The van der Waals surface area contributed by atoms with Gasteiger partial charge in [-0.3, -0.25) is 0 Å². The van der Waals surface area contributed by atoms with Crippen LogP contribution in [-0.2, 0) is 9.84 Å². The van der Waals surface area contributed by atoms with Crippen molar-refractivity contribution in [3.8, 4) is 0 Å². The van der Waals surface area contributed by atoms with E-state index in [0.29, 0.717) is 10.9 Å². The summed E-state index contributed by atoms with van der Waals surface area (Å²) in [6.07, 6.45) is 4.56. The third kappa shape index (κ3) is 3.77. The summed E-state index contributed by atoms with van der Waals surface area (Å²) >= 11 is 0. The van der Waals surface area contributed by atoms with Gasteiger partial charge in [-0.25, -0.2) is 8.42 Å². The Balaban J connectivity index is 2.35. The van der Waals surface area contributed by atoms with Gasteiger partial charge < -0.3 is 10.2 Å². The Morgan fingerprint density at radius 3 is 2.76 bits per heavy atom. The predicted octanol–water partition coefficient (Wildman–Crippen LogP) is 2.45. The third-order valence-electron chi connectivity index (χ3n) is 4.24. The van der Waals surface area contributed by atoms with Crippen molar-refractivity contribution in [1.29, 1.82) is 0 Å². The molecule has 1 fully saturated rings. The van der Waals surface area contributed by atoms with Crippen LogP contribution < -0.4 is 10.2 Å². The molecule has 118 valence electrons. The quantitative estimate of drug-likeness (QED) is 0.877. The lowest BCUT2D eigenvalue weighted by Gasteiger charge is -2.38. The maximum atomic E-state index is 12.3. The molecule has 1 unspecified atom stereocenters. The van der Waals surface area contributed by atoms with Gasteiger partial charge in [-0.1, -0.05) is 19.1 Å². The van der Waals surface area contributed by atoms with Gasteiger partial charge in [-0.05, 0) is 51.4 Å². The molecule has 1 aliphatic heterocycles. The molecule has 1 N–H and O–H groups in total. The van der Waals surface area contributed by atoms with Gasteiger partial charge in [0.2, 0.25) is 0 Å².